The molecule has 1 N–H and O–H groups in total. The number of nitrogens with one attached hydrogen (secondary N) is 1. The van der Waals surface area contributed by atoms with Gasteiger partial charge in [0.2, 0.25) is 5.60 Å². The number of para-hydroxylation sites is 1. The molecule has 1 saturated heterocycles. The monoisotopic (exact) mass is 277 g/mol. The first kappa shape index (κ1) is 14.9. The fraction of sp³-hybridized carbons (Fsp3) is 0.562. The van der Waals surface area contributed by atoms with Crippen LogP contribution >= 0.6 is 0 Å². The van der Waals surface area contributed by atoms with Crippen molar-refractivity contribution in [2.45, 2.75) is 44.8 Å². The predicted molar refractivity (Wildman–Crippen MR) is 77.7 cm³/mol. The molecular formula is C16H23NO3. The van der Waals surface area contributed by atoms with Crippen molar-refractivity contribution in [2.75, 3.05) is 13.1 Å². The zero-order chi connectivity index (χ0) is 14.6. The van der Waals surface area contributed by atoms with Crippen LogP contribution in [0.25, 0.3) is 0 Å². The van der Waals surface area contributed by atoms with Crippen LogP contribution in [0.5, 0.6) is 5.75 Å². The van der Waals surface area contributed by atoms with Gasteiger partial charge in [-0.2, -0.15) is 0 Å². The van der Waals surface area contributed by atoms with Gasteiger partial charge in [-0.1, -0.05) is 18.2 Å². The Bertz CT molecular complexity index is 445. The van der Waals surface area contributed by atoms with E-state index in [0.717, 1.165) is 13.1 Å². The first-order valence-corrected chi connectivity index (χ1v) is 7.10. The maximum absolute atomic E-state index is 12.6. The third-order valence-corrected chi connectivity index (χ3v) is 3.24. The SMILES string of the molecule is CC(C)(C)OC(=O)C1(Oc2ccccc2)CCNCC1. The molecule has 0 aliphatic carbocycles. The van der Waals surface area contributed by atoms with Gasteiger partial charge in [-0.25, -0.2) is 4.79 Å². The Balaban J connectivity index is 2.19. The highest BCUT2D eigenvalue weighted by molar-refractivity contribution is 5.80. The molecule has 1 heterocycles. The molecule has 0 unspecified atom stereocenters. The normalized spacial score (nSPS) is 18.4. The number of hydrogen-bond donors (Lipinski definition) is 1. The zero-order valence-electron chi connectivity index (χ0n) is 12.4. The fourth-order valence-corrected chi connectivity index (χ4v) is 2.26. The molecule has 1 aromatic carbocycles. The summed E-state index contributed by atoms with van der Waals surface area (Å²) in [6.07, 6.45) is 1.24. The molecule has 0 radical (unpaired) electrons. The lowest BCUT2D eigenvalue weighted by molar-refractivity contribution is -0.176. The molecule has 0 atom stereocenters. The quantitative estimate of drug-likeness (QED) is 0.863. The van der Waals surface area contributed by atoms with Gasteiger partial charge in [0.15, 0.2) is 0 Å². The first-order valence-electron chi connectivity index (χ1n) is 7.10. The minimum atomic E-state index is -0.875. The number of rotatable bonds is 3. The van der Waals surface area contributed by atoms with Crippen LogP contribution in [0.1, 0.15) is 33.6 Å². The lowest BCUT2D eigenvalue weighted by Crippen LogP contribution is -2.54. The molecule has 0 saturated carbocycles. The number of carbonyl (C=O) groups excluding carboxylic acids is 1. The lowest BCUT2D eigenvalue weighted by atomic mass is 9.91. The van der Waals surface area contributed by atoms with E-state index in [1.165, 1.54) is 0 Å². The average Bonchev–Trinajstić information content (AvgIpc) is 2.39. The van der Waals surface area contributed by atoms with E-state index < -0.39 is 11.2 Å². The molecule has 1 aliphatic rings. The highest BCUT2D eigenvalue weighted by atomic mass is 16.6. The van der Waals surface area contributed by atoms with Crippen LogP contribution in [-0.2, 0) is 9.53 Å². The molecule has 20 heavy (non-hydrogen) atoms. The minimum absolute atomic E-state index is 0.268. The molecule has 0 amide bonds. The van der Waals surface area contributed by atoms with E-state index in [2.05, 4.69) is 5.32 Å². The average molecular weight is 277 g/mol. The van der Waals surface area contributed by atoms with Crippen molar-refractivity contribution in [1.82, 2.24) is 5.32 Å². The summed E-state index contributed by atoms with van der Waals surface area (Å²) in [5, 5.41) is 3.26. The highest BCUT2D eigenvalue weighted by Gasteiger charge is 2.45. The standard InChI is InChI=1S/C16H23NO3/c1-15(2,3)20-14(18)16(9-11-17-12-10-16)19-13-7-5-4-6-8-13/h4-8,17H,9-12H2,1-3H3. The van der Waals surface area contributed by atoms with Gasteiger partial charge in [-0.05, 0) is 46.0 Å². The van der Waals surface area contributed by atoms with E-state index in [4.69, 9.17) is 9.47 Å². The lowest BCUT2D eigenvalue weighted by Gasteiger charge is -2.37. The van der Waals surface area contributed by atoms with E-state index in [1.807, 2.05) is 51.1 Å². The van der Waals surface area contributed by atoms with Gasteiger partial charge < -0.3 is 14.8 Å². The van der Waals surface area contributed by atoms with Crippen molar-refractivity contribution in [3.63, 3.8) is 0 Å². The highest BCUT2D eigenvalue weighted by Crippen LogP contribution is 2.29. The smallest absolute Gasteiger partial charge is 0.351 e. The van der Waals surface area contributed by atoms with Crippen molar-refractivity contribution in [1.29, 1.82) is 0 Å². The van der Waals surface area contributed by atoms with Gasteiger partial charge >= 0.3 is 5.97 Å². The molecule has 0 aromatic heterocycles. The second-order valence-corrected chi connectivity index (χ2v) is 6.16. The van der Waals surface area contributed by atoms with Crippen molar-refractivity contribution in [2.24, 2.45) is 0 Å². The van der Waals surface area contributed by atoms with Gasteiger partial charge in [0, 0.05) is 12.8 Å². The maximum Gasteiger partial charge on any atom is 0.351 e. The van der Waals surface area contributed by atoms with E-state index in [-0.39, 0.29) is 5.97 Å². The van der Waals surface area contributed by atoms with E-state index in [9.17, 15) is 4.79 Å². The summed E-state index contributed by atoms with van der Waals surface area (Å²) in [6.45, 7) is 7.14. The van der Waals surface area contributed by atoms with Crippen molar-refractivity contribution < 1.29 is 14.3 Å². The number of hydrogen-bond acceptors (Lipinski definition) is 4. The Morgan fingerprint density at radius 3 is 2.30 bits per heavy atom. The summed E-state index contributed by atoms with van der Waals surface area (Å²) < 4.78 is 11.6. The minimum Gasteiger partial charge on any atom is -0.475 e. The van der Waals surface area contributed by atoms with Gasteiger partial charge in [0.05, 0.1) is 0 Å². The fourth-order valence-electron chi connectivity index (χ4n) is 2.26. The van der Waals surface area contributed by atoms with E-state index in [1.54, 1.807) is 0 Å². The summed E-state index contributed by atoms with van der Waals surface area (Å²) >= 11 is 0. The van der Waals surface area contributed by atoms with Gasteiger partial charge in [0.25, 0.3) is 0 Å². The molecular weight excluding hydrogens is 254 g/mol. The molecule has 0 spiro atoms. The number of piperidine rings is 1. The van der Waals surface area contributed by atoms with Crippen LogP contribution in [0, 0.1) is 0 Å². The van der Waals surface area contributed by atoms with Gasteiger partial charge in [-0.15, -0.1) is 0 Å². The van der Waals surface area contributed by atoms with Crippen molar-refractivity contribution in [3.05, 3.63) is 30.3 Å². The van der Waals surface area contributed by atoms with Crippen LogP contribution in [0.3, 0.4) is 0 Å². The zero-order valence-corrected chi connectivity index (χ0v) is 12.4. The molecule has 2 rings (SSSR count). The third-order valence-electron chi connectivity index (χ3n) is 3.24. The Hall–Kier alpha value is -1.55. The summed E-state index contributed by atoms with van der Waals surface area (Å²) in [7, 11) is 0. The van der Waals surface area contributed by atoms with Crippen LogP contribution in [-0.4, -0.2) is 30.3 Å². The van der Waals surface area contributed by atoms with Crippen molar-refractivity contribution in [3.8, 4) is 5.75 Å². The Morgan fingerprint density at radius 2 is 1.75 bits per heavy atom. The molecule has 1 fully saturated rings. The Kier molecular flexibility index (Phi) is 4.33. The molecule has 1 aromatic rings. The van der Waals surface area contributed by atoms with Crippen LogP contribution in [0.15, 0.2) is 30.3 Å². The van der Waals surface area contributed by atoms with Crippen LogP contribution < -0.4 is 10.1 Å². The largest absolute Gasteiger partial charge is 0.475 e. The molecule has 4 nitrogen and oxygen atoms in total. The molecule has 1 aliphatic heterocycles. The van der Waals surface area contributed by atoms with Gasteiger partial charge in [-0.3, -0.25) is 0 Å². The second kappa shape index (κ2) is 5.83. The van der Waals surface area contributed by atoms with Crippen LogP contribution in [0.2, 0.25) is 0 Å². The van der Waals surface area contributed by atoms with E-state index >= 15 is 0 Å². The number of esters is 1. The summed E-state index contributed by atoms with van der Waals surface area (Å²) in [5.74, 6) is 0.440. The third kappa shape index (κ3) is 3.73. The summed E-state index contributed by atoms with van der Waals surface area (Å²) in [6, 6.07) is 9.47. The molecule has 0 bridgehead atoms. The molecule has 4 heteroatoms. The topological polar surface area (TPSA) is 47.6 Å². The predicted octanol–water partition coefficient (Wildman–Crippen LogP) is 2.53. The van der Waals surface area contributed by atoms with Crippen LogP contribution in [0.4, 0.5) is 0 Å². The summed E-state index contributed by atoms with van der Waals surface area (Å²) in [4.78, 5) is 12.6. The number of ether oxygens (including phenoxy) is 2. The first-order chi connectivity index (χ1) is 9.41. The van der Waals surface area contributed by atoms with Crippen molar-refractivity contribution >= 4 is 5.97 Å². The Labute approximate surface area is 120 Å². The number of benzene rings is 1. The summed E-state index contributed by atoms with van der Waals surface area (Å²) in [5.41, 5.74) is -1.38. The van der Waals surface area contributed by atoms with E-state index in [0.29, 0.717) is 18.6 Å². The maximum atomic E-state index is 12.6. The van der Waals surface area contributed by atoms with Gasteiger partial charge in [0.1, 0.15) is 11.4 Å². The molecule has 110 valence electrons. The number of carbonyl (C=O) groups is 1. The Morgan fingerprint density at radius 1 is 1.15 bits per heavy atom. The second-order valence-electron chi connectivity index (χ2n) is 6.16.